The number of nitrogens with zero attached hydrogens (tertiary/aromatic N) is 5. The highest BCUT2D eigenvalue weighted by molar-refractivity contribution is 5.81. The van der Waals surface area contributed by atoms with Gasteiger partial charge in [-0.3, -0.25) is 9.69 Å². The van der Waals surface area contributed by atoms with Crippen molar-refractivity contribution in [3.8, 4) is 6.07 Å². The number of hydrogen-bond donors (Lipinski definition) is 1. The van der Waals surface area contributed by atoms with Gasteiger partial charge < -0.3 is 14.9 Å². The van der Waals surface area contributed by atoms with E-state index in [-0.39, 0.29) is 18.6 Å². The third-order valence-electron chi connectivity index (χ3n) is 4.31. The zero-order valence-electron chi connectivity index (χ0n) is 14.4. The number of rotatable bonds is 6. The SMILES string of the molecule is CC[C@@H](O)CN1CCN(C(=O)CN(C)c2ccc(C#N)cn2)CC1. The van der Waals surface area contributed by atoms with Crippen LogP contribution in [0.5, 0.6) is 0 Å². The van der Waals surface area contributed by atoms with Gasteiger partial charge in [-0.1, -0.05) is 6.92 Å². The van der Waals surface area contributed by atoms with Crippen molar-refractivity contribution < 1.29 is 9.90 Å². The number of nitriles is 1. The molecule has 1 fully saturated rings. The number of amides is 1. The molecule has 7 heteroatoms. The van der Waals surface area contributed by atoms with E-state index in [1.807, 2.05) is 24.9 Å². The number of aromatic nitrogens is 1. The Morgan fingerprint density at radius 3 is 2.67 bits per heavy atom. The Hall–Kier alpha value is -2.17. The van der Waals surface area contributed by atoms with E-state index in [0.717, 1.165) is 19.5 Å². The molecule has 1 N–H and O–H groups in total. The standard InChI is InChI=1S/C17H25N5O2/c1-3-15(23)12-21-6-8-22(9-7-21)17(24)13-20(2)16-5-4-14(10-18)11-19-16/h4-5,11,15,23H,3,6-9,12-13H2,1-2H3/t15-/m1/s1. The Morgan fingerprint density at radius 2 is 2.12 bits per heavy atom. The average Bonchev–Trinajstić information content (AvgIpc) is 2.62. The van der Waals surface area contributed by atoms with E-state index in [0.29, 0.717) is 31.0 Å². The number of hydrogen-bond acceptors (Lipinski definition) is 6. The number of likely N-dealkylation sites (N-methyl/N-ethyl adjacent to an activating group) is 1. The number of pyridine rings is 1. The van der Waals surface area contributed by atoms with Gasteiger partial charge in [0, 0.05) is 46.0 Å². The third-order valence-corrected chi connectivity index (χ3v) is 4.31. The number of anilines is 1. The largest absolute Gasteiger partial charge is 0.392 e. The Labute approximate surface area is 143 Å². The first kappa shape index (κ1) is 18.2. The predicted octanol–water partition coefficient (Wildman–Crippen LogP) is 0.305. The second kappa shape index (κ2) is 8.62. The topological polar surface area (TPSA) is 83.7 Å². The molecule has 2 rings (SSSR count). The lowest BCUT2D eigenvalue weighted by Crippen LogP contribution is -2.52. The second-order valence-corrected chi connectivity index (χ2v) is 6.12. The molecule has 7 nitrogen and oxygen atoms in total. The summed E-state index contributed by atoms with van der Waals surface area (Å²) in [5.74, 6) is 0.742. The molecule has 1 atom stereocenters. The number of piperazine rings is 1. The summed E-state index contributed by atoms with van der Waals surface area (Å²) in [4.78, 5) is 22.5. The Balaban J connectivity index is 1.81. The van der Waals surface area contributed by atoms with E-state index in [1.165, 1.54) is 6.20 Å². The zero-order chi connectivity index (χ0) is 17.5. The smallest absolute Gasteiger partial charge is 0.242 e. The van der Waals surface area contributed by atoms with Crippen LogP contribution in [0.3, 0.4) is 0 Å². The fraction of sp³-hybridized carbons (Fsp3) is 0.588. The van der Waals surface area contributed by atoms with E-state index < -0.39 is 0 Å². The molecular formula is C17H25N5O2. The van der Waals surface area contributed by atoms with Gasteiger partial charge in [0.15, 0.2) is 0 Å². The maximum Gasteiger partial charge on any atom is 0.242 e. The van der Waals surface area contributed by atoms with Crippen LogP contribution in [0.15, 0.2) is 18.3 Å². The highest BCUT2D eigenvalue weighted by Gasteiger charge is 2.23. The minimum absolute atomic E-state index is 0.0688. The average molecular weight is 331 g/mol. The zero-order valence-corrected chi connectivity index (χ0v) is 14.4. The minimum Gasteiger partial charge on any atom is -0.392 e. The molecule has 1 saturated heterocycles. The first-order chi connectivity index (χ1) is 11.5. The lowest BCUT2D eigenvalue weighted by molar-refractivity contribution is -0.131. The highest BCUT2D eigenvalue weighted by Crippen LogP contribution is 2.10. The van der Waals surface area contributed by atoms with Gasteiger partial charge in [0.05, 0.1) is 18.2 Å². The maximum atomic E-state index is 12.4. The van der Waals surface area contributed by atoms with Crippen molar-refractivity contribution in [3.05, 3.63) is 23.9 Å². The van der Waals surface area contributed by atoms with Crippen molar-refractivity contribution in [3.63, 3.8) is 0 Å². The molecule has 1 aromatic rings. The van der Waals surface area contributed by atoms with E-state index in [4.69, 9.17) is 5.26 Å². The van der Waals surface area contributed by atoms with Crippen LogP contribution in [0.2, 0.25) is 0 Å². The van der Waals surface area contributed by atoms with Gasteiger partial charge in [-0.05, 0) is 18.6 Å². The molecule has 0 unspecified atom stereocenters. The van der Waals surface area contributed by atoms with E-state index in [9.17, 15) is 9.90 Å². The van der Waals surface area contributed by atoms with Gasteiger partial charge in [-0.2, -0.15) is 5.26 Å². The lowest BCUT2D eigenvalue weighted by atomic mass is 10.2. The third kappa shape index (κ3) is 4.91. The van der Waals surface area contributed by atoms with Gasteiger partial charge in [0.25, 0.3) is 0 Å². The van der Waals surface area contributed by atoms with Crippen molar-refractivity contribution in [2.45, 2.75) is 19.4 Å². The summed E-state index contributed by atoms with van der Waals surface area (Å²) in [5, 5.41) is 18.5. The van der Waals surface area contributed by atoms with Crippen LogP contribution in [0.4, 0.5) is 5.82 Å². The van der Waals surface area contributed by atoms with Crippen LogP contribution in [-0.2, 0) is 4.79 Å². The van der Waals surface area contributed by atoms with Gasteiger partial charge in [-0.25, -0.2) is 4.98 Å². The molecule has 1 aromatic heterocycles. The number of carbonyl (C=O) groups is 1. The number of carbonyl (C=O) groups excluding carboxylic acids is 1. The molecule has 1 aliphatic heterocycles. The predicted molar refractivity (Wildman–Crippen MR) is 91.5 cm³/mol. The molecule has 0 bridgehead atoms. The summed E-state index contributed by atoms with van der Waals surface area (Å²) in [6.07, 6.45) is 1.97. The fourth-order valence-electron chi connectivity index (χ4n) is 2.67. The van der Waals surface area contributed by atoms with Gasteiger partial charge in [0.2, 0.25) is 5.91 Å². The van der Waals surface area contributed by atoms with Gasteiger partial charge in [0.1, 0.15) is 11.9 Å². The Kier molecular flexibility index (Phi) is 6.53. The van der Waals surface area contributed by atoms with Crippen LogP contribution in [0, 0.1) is 11.3 Å². The fourth-order valence-corrected chi connectivity index (χ4v) is 2.67. The highest BCUT2D eigenvalue weighted by atomic mass is 16.3. The number of aliphatic hydroxyl groups is 1. The summed E-state index contributed by atoms with van der Waals surface area (Å²) < 4.78 is 0. The molecule has 24 heavy (non-hydrogen) atoms. The summed E-state index contributed by atoms with van der Waals surface area (Å²) in [7, 11) is 1.82. The number of β-amino-alcohol motifs (C(OH)–C–C–N with tert-alkyl or cyclic N) is 1. The molecular weight excluding hydrogens is 306 g/mol. The molecule has 1 amide bonds. The molecule has 0 saturated carbocycles. The molecule has 1 aliphatic rings. The molecule has 0 aromatic carbocycles. The van der Waals surface area contributed by atoms with Gasteiger partial charge in [-0.15, -0.1) is 0 Å². The van der Waals surface area contributed by atoms with E-state index in [1.54, 1.807) is 17.0 Å². The summed E-state index contributed by atoms with van der Waals surface area (Å²) in [6, 6.07) is 5.47. The van der Waals surface area contributed by atoms with Crippen LogP contribution in [0.25, 0.3) is 0 Å². The van der Waals surface area contributed by atoms with Crippen LogP contribution >= 0.6 is 0 Å². The van der Waals surface area contributed by atoms with Crippen molar-refractivity contribution in [2.75, 3.05) is 51.2 Å². The van der Waals surface area contributed by atoms with Crippen molar-refractivity contribution in [2.24, 2.45) is 0 Å². The van der Waals surface area contributed by atoms with E-state index >= 15 is 0 Å². The Bertz CT molecular complexity index is 576. The maximum absolute atomic E-state index is 12.4. The molecule has 130 valence electrons. The van der Waals surface area contributed by atoms with Crippen LogP contribution < -0.4 is 4.90 Å². The second-order valence-electron chi connectivity index (χ2n) is 6.12. The van der Waals surface area contributed by atoms with Crippen LogP contribution in [0.1, 0.15) is 18.9 Å². The summed E-state index contributed by atoms with van der Waals surface area (Å²) in [6.45, 7) is 5.86. The van der Waals surface area contributed by atoms with Crippen molar-refractivity contribution >= 4 is 11.7 Å². The quantitative estimate of drug-likeness (QED) is 0.807. The molecule has 0 radical (unpaired) electrons. The summed E-state index contributed by atoms with van der Waals surface area (Å²) in [5.41, 5.74) is 0.504. The van der Waals surface area contributed by atoms with Crippen molar-refractivity contribution in [1.29, 1.82) is 5.26 Å². The van der Waals surface area contributed by atoms with E-state index in [2.05, 4.69) is 9.88 Å². The van der Waals surface area contributed by atoms with Crippen LogP contribution in [-0.4, -0.2) is 78.2 Å². The Morgan fingerprint density at radius 1 is 1.42 bits per heavy atom. The lowest BCUT2D eigenvalue weighted by Gasteiger charge is -2.36. The van der Waals surface area contributed by atoms with Gasteiger partial charge >= 0.3 is 0 Å². The summed E-state index contributed by atoms with van der Waals surface area (Å²) >= 11 is 0. The number of aliphatic hydroxyl groups excluding tert-OH is 1. The normalized spacial score (nSPS) is 16.5. The first-order valence-electron chi connectivity index (χ1n) is 8.29. The van der Waals surface area contributed by atoms with Crippen molar-refractivity contribution in [1.82, 2.24) is 14.8 Å². The molecule has 2 heterocycles. The monoisotopic (exact) mass is 331 g/mol. The molecule has 0 aliphatic carbocycles. The first-order valence-corrected chi connectivity index (χ1v) is 8.29. The minimum atomic E-state index is -0.291. The molecule has 0 spiro atoms.